The molecule has 0 aromatic heterocycles. The van der Waals surface area contributed by atoms with Gasteiger partial charge in [0.15, 0.2) is 12.0 Å². The van der Waals surface area contributed by atoms with Crippen LogP contribution in [0, 0.1) is 0 Å². The number of nitrogens with zero attached hydrogens (tertiary/aromatic N) is 1. The number of rotatable bonds is 1. The summed E-state index contributed by atoms with van der Waals surface area (Å²) in [6, 6.07) is 0. The van der Waals surface area contributed by atoms with Crippen LogP contribution in [0.4, 0.5) is 4.79 Å². The molecule has 5 heteroatoms. The molecule has 1 aliphatic rings. The van der Waals surface area contributed by atoms with Crippen molar-refractivity contribution < 1.29 is 19.4 Å². The molecule has 1 aliphatic heterocycles. The van der Waals surface area contributed by atoms with Crippen LogP contribution >= 0.6 is 0 Å². The maximum Gasteiger partial charge on any atom is 0.412 e. The highest BCUT2D eigenvalue weighted by Crippen LogP contribution is 2.23. The van der Waals surface area contributed by atoms with Crippen LogP contribution in [0.3, 0.4) is 0 Å². The Morgan fingerprint density at radius 2 is 2.14 bits per heavy atom. The van der Waals surface area contributed by atoms with E-state index >= 15 is 0 Å². The second-order valence-electron chi connectivity index (χ2n) is 3.22. The zero-order valence-corrected chi connectivity index (χ0v) is 8.40. The highest BCUT2D eigenvalue weighted by Gasteiger charge is 2.35. The molecule has 0 saturated carbocycles. The number of ether oxygens (including phenoxy) is 1. The summed E-state index contributed by atoms with van der Waals surface area (Å²) in [5.74, 6) is -0.221. The van der Waals surface area contributed by atoms with Gasteiger partial charge in [-0.15, -0.1) is 0 Å². The van der Waals surface area contributed by atoms with Crippen LogP contribution in [0.5, 0.6) is 0 Å². The van der Waals surface area contributed by atoms with Gasteiger partial charge in [0.25, 0.3) is 0 Å². The fourth-order valence-electron chi connectivity index (χ4n) is 1.57. The minimum Gasteiger partial charge on any atom is -0.453 e. The molecule has 0 radical (unpaired) electrons. The minimum absolute atomic E-state index is 0.221. The van der Waals surface area contributed by atoms with Crippen LogP contribution in [0.25, 0.3) is 0 Å². The third kappa shape index (κ3) is 1.63. The summed E-state index contributed by atoms with van der Waals surface area (Å²) < 4.78 is 4.47. The molecule has 1 amide bonds. The van der Waals surface area contributed by atoms with Crippen molar-refractivity contribution in [2.75, 3.05) is 13.7 Å². The molecule has 1 N–H and O–H groups in total. The summed E-state index contributed by atoms with van der Waals surface area (Å²) >= 11 is 0. The first-order valence-corrected chi connectivity index (χ1v) is 4.22. The zero-order valence-electron chi connectivity index (χ0n) is 8.40. The second kappa shape index (κ2) is 3.79. The Morgan fingerprint density at radius 3 is 2.50 bits per heavy atom. The number of aliphatic hydroxyl groups excluding tert-OH is 1. The Hall–Kier alpha value is -1.36. The van der Waals surface area contributed by atoms with Crippen molar-refractivity contribution in [3.05, 3.63) is 11.1 Å². The van der Waals surface area contributed by atoms with E-state index in [9.17, 15) is 14.7 Å². The highest BCUT2D eigenvalue weighted by molar-refractivity contribution is 5.96. The third-order valence-electron chi connectivity index (χ3n) is 2.21. The number of hydrogen-bond acceptors (Lipinski definition) is 4. The first-order valence-electron chi connectivity index (χ1n) is 4.22. The van der Waals surface area contributed by atoms with Gasteiger partial charge in [0, 0.05) is 12.1 Å². The van der Waals surface area contributed by atoms with Crippen molar-refractivity contribution in [3.63, 3.8) is 0 Å². The van der Waals surface area contributed by atoms with Gasteiger partial charge in [-0.1, -0.05) is 0 Å². The first kappa shape index (κ1) is 10.7. The predicted octanol–water partition coefficient (Wildman–Crippen LogP) is 0.292. The minimum atomic E-state index is -1.17. The SMILES string of the molecule is COC(=O)N1CC(C)=C(C(C)=O)C1O. The van der Waals surface area contributed by atoms with Gasteiger partial charge in [-0.25, -0.2) is 4.79 Å². The van der Waals surface area contributed by atoms with E-state index < -0.39 is 12.3 Å². The lowest BCUT2D eigenvalue weighted by atomic mass is 10.1. The molecular weight excluding hydrogens is 186 g/mol. The van der Waals surface area contributed by atoms with E-state index in [1.54, 1.807) is 6.92 Å². The normalized spacial score (nSPS) is 21.4. The number of carbonyl (C=O) groups excluding carboxylic acids is 2. The molecule has 0 aromatic rings. The topological polar surface area (TPSA) is 66.8 Å². The summed E-state index contributed by atoms with van der Waals surface area (Å²) in [6.07, 6.45) is -1.80. The summed E-state index contributed by atoms with van der Waals surface area (Å²) in [5, 5.41) is 9.64. The van der Waals surface area contributed by atoms with E-state index in [1.807, 2.05) is 0 Å². The molecule has 0 fully saturated rings. The Labute approximate surface area is 82.0 Å². The summed E-state index contributed by atoms with van der Waals surface area (Å²) in [4.78, 5) is 23.4. The van der Waals surface area contributed by atoms with Crippen LogP contribution in [0.1, 0.15) is 13.8 Å². The Balaban J connectivity index is 2.88. The largest absolute Gasteiger partial charge is 0.453 e. The van der Waals surface area contributed by atoms with E-state index in [-0.39, 0.29) is 17.9 Å². The highest BCUT2D eigenvalue weighted by atomic mass is 16.5. The van der Waals surface area contributed by atoms with E-state index in [0.717, 1.165) is 4.90 Å². The van der Waals surface area contributed by atoms with Gasteiger partial charge >= 0.3 is 6.09 Å². The van der Waals surface area contributed by atoms with E-state index in [1.165, 1.54) is 14.0 Å². The molecule has 0 aromatic carbocycles. The quantitative estimate of drug-likeness (QED) is 0.659. The molecule has 1 unspecified atom stereocenters. The monoisotopic (exact) mass is 199 g/mol. The fourth-order valence-corrected chi connectivity index (χ4v) is 1.57. The second-order valence-corrected chi connectivity index (χ2v) is 3.22. The number of carbonyl (C=O) groups is 2. The number of methoxy groups -OCH3 is 1. The van der Waals surface area contributed by atoms with E-state index in [4.69, 9.17) is 0 Å². The number of ketones is 1. The van der Waals surface area contributed by atoms with E-state index in [2.05, 4.69) is 4.74 Å². The van der Waals surface area contributed by atoms with Gasteiger partial charge in [-0.05, 0) is 19.4 Å². The van der Waals surface area contributed by atoms with Crippen LogP contribution < -0.4 is 0 Å². The zero-order chi connectivity index (χ0) is 10.9. The average Bonchev–Trinajstić information content (AvgIpc) is 2.40. The van der Waals surface area contributed by atoms with Crippen molar-refractivity contribution in [3.8, 4) is 0 Å². The lowest BCUT2D eigenvalue weighted by Crippen LogP contribution is -2.38. The Kier molecular flexibility index (Phi) is 2.90. The van der Waals surface area contributed by atoms with Gasteiger partial charge in [0.2, 0.25) is 0 Å². The standard InChI is InChI=1S/C9H13NO4/c1-5-4-10(9(13)14-3)8(12)7(5)6(2)11/h8,12H,4H2,1-3H3. The molecule has 0 saturated heterocycles. The molecule has 14 heavy (non-hydrogen) atoms. The summed E-state index contributed by atoms with van der Waals surface area (Å²) in [6.45, 7) is 3.31. The van der Waals surface area contributed by atoms with Gasteiger partial charge < -0.3 is 9.84 Å². The predicted molar refractivity (Wildman–Crippen MR) is 48.5 cm³/mol. The van der Waals surface area contributed by atoms with Gasteiger partial charge in [0.05, 0.1) is 7.11 Å². The van der Waals surface area contributed by atoms with Crippen molar-refractivity contribution in [1.29, 1.82) is 0 Å². The average molecular weight is 199 g/mol. The summed E-state index contributed by atoms with van der Waals surface area (Å²) in [7, 11) is 1.23. The van der Waals surface area contributed by atoms with Crippen molar-refractivity contribution in [1.82, 2.24) is 4.90 Å². The smallest absolute Gasteiger partial charge is 0.412 e. The molecule has 0 spiro atoms. The van der Waals surface area contributed by atoms with Crippen molar-refractivity contribution >= 4 is 11.9 Å². The first-order chi connectivity index (χ1) is 6.49. The number of hydrogen-bond donors (Lipinski definition) is 1. The summed E-state index contributed by atoms with van der Waals surface area (Å²) in [5.41, 5.74) is 0.991. The number of amides is 1. The lowest BCUT2D eigenvalue weighted by Gasteiger charge is -2.19. The molecule has 1 heterocycles. The van der Waals surface area contributed by atoms with Crippen LogP contribution in [-0.2, 0) is 9.53 Å². The molecular formula is C9H13NO4. The Bertz CT molecular complexity index is 308. The number of Topliss-reactive ketones (excluding diaryl/α,β-unsaturated/α-hetero) is 1. The van der Waals surface area contributed by atoms with E-state index in [0.29, 0.717) is 5.57 Å². The fraction of sp³-hybridized carbons (Fsp3) is 0.556. The maximum atomic E-state index is 11.1. The van der Waals surface area contributed by atoms with Crippen LogP contribution in [-0.4, -0.2) is 41.8 Å². The van der Waals surface area contributed by atoms with Gasteiger partial charge in [-0.2, -0.15) is 0 Å². The molecule has 0 bridgehead atoms. The van der Waals surface area contributed by atoms with Crippen molar-refractivity contribution in [2.24, 2.45) is 0 Å². The van der Waals surface area contributed by atoms with Crippen LogP contribution in [0.2, 0.25) is 0 Å². The van der Waals surface area contributed by atoms with Gasteiger partial charge in [0.1, 0.15) is 0 Å². The van der Waals surface area contributed by atoms with Crippen molar-refractivity contribution in [2.45, 2.75) is 20.1 Å². The number of aliphatic hydroxyl groups is 1. The lowest BCUT2D eigenvalue weighted by molar-refractivity contribution is -0.115. The van der Waals surface area contributed by atoms with Gasteiger partial charge in [-0.3, -0.25) is 9.69 Å². The molecule has 1 rings (SSSR count). The third-order valence-corrected chi connectivity index (χ3v) is 2.21. The Morgan fingerprint density at radius 1 is 1.57 bits per heavy atom. The molecule has 1 atom stereocenters. The maximum absolute atomic E-state index is 11.1. The molecule has 78 valence electrons. The molecule has 5 nitrogen and oxygen atoms in total. The molecule has 0 aliphatic carbocycles. The van der Waals surface area contributed by atoms with Crippen LogP contribution in [0.15, 0.2) is 11.1 Å².